The smallest absolute Gasteiger partial charge is 0.374 e. The number of furan rings is 1. The molecule has 0 amide bonds. The number of hydrogen-bond donors (Lipinski definition) is 1. The van der Waals surface area contributed by atoms with Gasteiger partial charge in [-0.15, -0.1) is 0 Å². The van der Waals surface area contributed by atoms with Crippen LogP contribution in [0.15, 0.2) is 10.5 Å². The molecular weight excluding hydrogens is 226 g/mol. The first-order valence-corrected chi connectivity index (χ1v) is 6.30. The van der Waals surface area contributed by atoms with Crippen molar-refractivity contribution in [2.45, 2.75) is 19.1 Å². The zero-order valence-electron chi connectivity index (χ0n) is 9.62. The number of nitrogens with two attached hydrogens (primary N) is 1. The Bertz CT molecular complexity index is 349. The molecule has 0 atom stereocenters. The number of thioether (sulfide) groups is 1. The van der Waals surface area contributed by atoms with E-state index in [9.17, 15) is 4.79 Å². The fraction of sp³-hybridized carbons (Fsp3) is 0.545. The van der Waals surface area contributed by atoms with Gasteiger partial charge in [0, 0.05) is 5.56 Å². The molecule has 2 N–H and O–H groups in total. The number of ether oxygens (including phenoxy) is 1. The van der Waals surface area contributed by atoms with Crippen molar-refractivity contribution in [1.29, 1.82) is 0 Å². The molecule has 4 nitrogen and oxygen atoms in total. The minimum absolute atomic E-state index is 0.303. The summed E-state index contributed by atoms with van der Waals surface area (Å²) in [5, 5.41) is 0. The van der Waals surface area contributed by atoms with Gasteiger partial charge in [-0.05, 0) is 31.7 Å². The van der Waals surface area contributed by atoms with Crippen LogP contribution in [-0.2, 0) is 10.5 Å². The lowest BCUT2D eigenvalue weighted by atomic mass is 10.3. The Labute approximate surface area is 99.5 Å². The first kappa shape index (κ1) is 13.1. The van der Waals surface area contributed by atoms with Crippen LogP contribution in [0.25, 0.3) is 0 Å². The summed E-state index contributed by atoms with van der Waals surface area (Å²) in [6, 6.07) is 1.88. The lowest BCUT2D eigenvalue weighted by molar-refractivity contribution is 0.0562. The summed E-state index contributed by atoms with van der Waals surface area (Å²) in [5.74, 6) is 2.45. The van der Waals surface area contributed by atoms with E-state index in [0.29, 0.717) is 12.3 Å². The van der Waals surface area contributed by atoms with Crippen molar-refractivity contribution in [3.63, 3.8) is 0 Å². The fourth-order valence-electron chi connectivity index (χ4n) is 1.27. The molecule has 90 valence electrons. The molecule has 0 saturated heterocycles. The van der Waals surface area contributed by atoms with E-state index in [0.717, 1.165) is 29.3 Å². The molecule has 0 aliphatic rings. The number of hydrogen-bond acceptors (Lipinski definition) is 5. The van der Waals surface area contributed by atoms with Crippen molar-refractivity contribution in [3.05, 3.63) is 23.2 Å². The van der Waals surface area contributed by atoms with Gasteiger partial charge >= 0.3 is 5.97 Å². The molecule has 1 rings (SSSR count). The van der Waals surface area contributed by atoms with Crippen LogP contribution >= 0.6 is 11.8 Å². The van der Waals surface area contributed by atoms with E-state index in [1.807, 2.05) is 13.0 Å². The average Bonchev–Trinajstić information content (AvgIpc) is 2.65. The van der Waals surface area contributed by atoms with E-state index in [-0.39, 0.29) is 0 Å². The Kier molecular flexibility index (Phi) is 5.42. The zero-order valence-corrected chi connectivity index (χ0v) is 10.4. The van der Waals surface area contributed by atoms with Crippen LogP contribution in [-0.4, -0.2) is 25.4 Å². The Balaban J connectivity index is 2.52. The predicted molar refractivity (Wildman–Crippen MR) is 64.6 cm³/mol. The third-order valence-electron chi connectivity index (χ3n) is 2.08. The SMILES string of the molecule is COC(=O)c1oc(CSCCCN)cc1C. The van der Waals surface area contributed by atoms with Crippen molar-refractivity contribution in [2.75, 3.05) is 19.4 Å². The van der Waals surface area contributed by atoms with Crippen LogP contribution in [0.4, 0.5) is 0 Å². The second-order valence-electron chi connectivity index (χ2n) is 3.41. The maximum Gasteiger partial charge on any atom is 0.374 e. The van der Waals surface area contributed by atoms with Crippen LogP contribution < -0.4 is 5.73 Å². The number of aryl methyl sites for hydroxylation is 1. The second kappa shape index (κ2) is 6.60. The van der Waals surface area contributed by atoms with Gasteiger partial charge in [-0.3, -0.25) is 0 Å². The molecule has 0 fully saturated rings. The van der Waals surface area contributed by atoms with E-state index in [1.54, 1.807) is 11.8 Å². The highest BCUT2D eigenvalue weighted by Gasteiger charge is 2.15. The minimum atomic E-state index is -0.421. The third kappa shape index (κ3) is 3.57. The highest BCUT2D eigenvalue weighted by Crippen LogP contribution is 2.20. The summed E-state index contributed by atoms with van der Waals surface area (Å²) in [6.45, 7) is 2.54. The normalized spacial score (nSPS) is 10.4. The van der Waals surface area contributed by atoms with Gasteiger partial charge < -0.3 is 14.9 Å². The summed E-state index contributed by atoms with van der Waals surface area (Å²) < 4.78 is 10.0. The monoisotopic (exact) mass is 243 g/mol. The van der Waals surface area contributed by atoms with Gasteiger partial charge in [0.05, 0.1) is 12.9 Å². The molecule has 1 heterocycles. The zero-order chi connectivity index (χ0) is 12.0. The molecule has 0 radical (unpaired) electrons. The van der Waals surface area contributed by atoms with E-state index in [4.69, 9.17) is 10.2 Å². The highest BCUT2D eigenvalue weighted by atomic mass is 32.2. The number of methoxy groups -OCH3 is 1. The molecule has 0 unspecified atom stereocenters. The topological polar surface area (TPSA) is 65.5 Å². The van der Waals surface area contributed by atoms with Gasteiger partial charge in [0.2, 0.25) is 5.76 Å². The van der Waals surface area contributed by atoms with Crippen LogP contribution in [0.1, 0.15) is 28.3 Å². The molecule has 0 saturated carbocycles. The van der Waals surface area contributed by atoms with Gasteiger partial charge in [0.15, 0.2) is 0 Å². The van der Waals surface area contributed by atoms with Crippen molar-refractivity contribution >= 4 is 17.7 Å². The molecule has 5 heteroatoms. The molecule has 0 spiro atoms. The Morgan fingerprint density at radius 2 is 2.38 bits per heavy atom. The van der Waals surface area contributed by atoms with Crippen molar-refractivity contribution in [2.24, 2.45) is 5.73 Å². The average molecular weight is 243 g/mol. The Morgan fingerprint density at radius 3 is 3.00 bits per heavy atom. The van der Waals surface area contributed by atoms with Crippen molar-refractivity contribution in [3.8, 4) is 0 Å². The maximum atomic E-state index is 11.3. The summed E-state index contributed by atoms with van der Waals surface area (Å²) in [4.78, 5) is 11.3. The molecular formula is C11H17NO3S. The highest BCUT2D eigenvalue weighted by molar-refractivity contribution is 7.98. The second-order valence-corrected chi connectivity index (χ2v) is 4.52. The Hall–Kier alpha value is -0.940. The molecule has 16 heavy (non-hydrogen) atoms. The van der Waals surface area contributed by atoms with E-state index in [2.05, 4.69) is 4.74 Å². The molecule has 0 aliphatic heterocycles. The third-order valence-corrected chi connectivity index (χ3v) is 3.14. The molecule has 0 aliphatic carbocycles. The van der Waals surface area contributed by atoms with Gasteiger partial charge in [0.1, 0.15) is 5.76 Å². The van der Waals surface area contributed by atoms with Gasteiger partial charge in [-0.1, -0.05) is 0 Å². The predicted octanol–water partition coefficient (Wildman–Crippen LogP) is 1.96. The van der Waals surface area contributed by atoms with Crippen molar-refractivity contribution in [1.82, 2.24) is 0 Å². The Morgan fingerprint density at radius 1 is 1.62 bits per heavy atom. The van der Waals surface area contributed by atoms with Gasteiger partial charge in [0.25, 0.3) is 0 Å². The lowest BCUT2D eigenvalue weighted by Gasteiger charge is -1.97. The molecule has 1 aromatic rings. The van der Waals surface area contributed by atoms with Gasteiger partial charge in [-0.2, -0.15) is 11.8 Å². The van der Waals surface area contributed by atoms with Crippen LogP contribution in [0, 0.1) is 6.92 Å². The summed E-state index contributed by atoms with van der Waals surface area (Å²) in [7, 11) is 1.35. The minimum Gasteiger partial charge on any atom is -0.463 e. The maximum absolute atomic E-state index is 11.3. The van der Waals surface area contributed by atoms with Gasteiger partial charge in [-0.25, -0.2) is 4.79 Å². The van der Waals surface area contributed by atoms with Crippen LogP contribution in [0.3, 0.4) is 0 Å². The number of rotatable bonds is 6. The first-order chi connectivity index (χ1) is 7.69. The molecule has 0 aromatic carbocycles. The summed E-state index contributed by atoms with van der Waals surface area (Å²) in [5.41, 5.74) is 6.22. The largest absolute Gasteiger partial charge is 0.463 e. The van der Waals surface area contributed by atoms with Crippen molar-refractivity contribution < 1.29 is 13.9 Å². The van der Waals surface area contributed by atoms with Crippen LogP contribution in [0.2, 0.25) is 0 Å². The summed E-state index contributed by atoms with van der Waals surface area (Å²) in [6.07, 6.45) is 0.994. The number of carbonyl (C=O) groups excluding carboxylic acids is 1. The van der Waals surface area contributed by atoms with E-state index in [1.165, 1.54) is 7.11 Å². The summed E-state index contributed by atoms with van der Waals surface area (Å²) >= 11 is 1.75. The van der Waals surface area contributed by atoms with Crippen LogP contribution in [0.5, 0.6) is 0 Å². The fourth-order valence-corrected chi connectivity index (χ4v) is 2.13. The number of esters is 1. The number of carbonyl (C=O) groups is 1. The van der Waals surface area contributed by atoms with E-state index >= 15 is 0 Å². The first-order valence-electron chi connectivity index (χ1n) is 5.14. The standard InChI is InChI=1S/C11H17NO3S/c1-8-6-9(7-16-5-3-4-12)15-10(8)11(13)14-2/h6H,3-5,7,12H2,1-2H3. The molecule has 1 aromatic heterocycles. The quantitative estimate of drug-likeness (QED) is 0.611. The molecule has 0 bridgehead atoms. The lowest BCUT2D eigenvalue weighted by Crippen LogP contribution is -2.00. The van der Waals surface area contributed by atoms with E-state index < -0.39 is 5.97 Å².